The Morgan fingerprint density at radius 1 is 1.53 bits per heavy atom. The van der Waals surface area contributed by atoms with Crippen molar-refractivity contribution in [3.8, 4) is 0 Å². The number of hydrogen-bond donors (Lipinski definition) is 1. The molecule has 0 bridgehead atoms. The second-order valence-electron chi connectivity index (χ2n) is 6.35. The van der Waals surface area contributed by atoms with Crippen LogP contribution in [0.3, 0.4) is 0 Å². The molecule has 0 amide bonds. The first-order chi connectivity index (χ1) is 7.69. The van der Waals surface area contributed by atoms with Gasteiger partial charge in [0.15, 0.2) is 0 Å². The Morgan fingerprint density at radius 3 is 2.47 bits per heavy atom. The van der Waals surface area contributed by atoms with Crippen LogP contribution in [-0.4, -0.2) is 48.8 Å². The van der Waals surface area contributed by atoms with Crippen LogP contribution in [-0.2, 0) is 9.53 Å². The number of hydrogen-bond acceptors (Lipinski definition) is 3. The highest BCUT2D eigenvalue weighted by molar-refractivity contribution is 5.75. The summed E-state index contributed by atoms with van der Waals surface area (Å²) in [7, 11) is 2.00. The third kappa shape index (κ3) is 3.19. The molecule has 1 saturated heterocycles. The van der Waals surface area contributed by atoms with Crippen LogP contribution >= 0.6 is 0 Å². The van der Waals surface area contributed by atoms with E-state index in [1.807, 2.05) is 7.05 Å². The molecule has 1 aliphatic rings. The first kappa shape index (κ1) is 14.5. The molecule has 1 aliphatic heterocycles. The van der Waals surface area contributed by atoms with Crippen LogP contribution in [0.25, 0.3) is 0 Å². The van der Waals surface area contributed by atoms with Gasteiger partial charge in [0.2, 0.25) is 0 Å². The van der Waals surface area contributed by atoms with Gasteiger partial charge in [0.1, 0.15) is 5.41 Å². The largest absolute Gasteiger partial charge is 0.481 e. The number of carbonyl (C=O) groups is 1. The van der Waals surface area contributed by atoms with Crippen molar-refractivity contribution < 1.29 is 14.6 Å². The lowest BCUT2D eigenvalue weighted by Gasteiger charge is -2.38. The highest BCUT2D eigenvalue weighted by Gasteiger charge is 2.44. The van der Waals surface area contributed by atoms with Gasteiger partial charge in [-0.05, 0) is 25.8 Å². The summed E-state index contributed by atoms with van der Waals surface area (Å²) in [6.07, 6.45) is 0.615. The number of aliphatic carboxylic acids is 1. The smallest absolute Gasteiger partial charge is 0.313 e. The minimum absolute atomic E-state index is 0.147. The Labute approximate surface area is 104 Å². The average Bonchev–Trinajstić information content (AvgIpc) is 2.64. The van der Waals surface area contributed by atoms with Gasteiger partial charge in [-0.2, -0.15) is 0 Å². The number of carboxylic acid groups (broad SMARTS) is 1. The Bertz CT molecular complexity index is 277. The van der Waals surface area contributed by atoms with E-state index < -0.39 is 11.4 Å². The zero-order valence-electron chi connectivity index (χ0n) is 11.6. The predicted octanol–water partition coefficient (Wildman–Crippen LogP) is 1.84. The van der Waals surface area contributed by atoms with Crippen LogP contribution < -0.4 is 0 Å². The van der Waals surface area contributed by atoms with E-state index in [0.717, 1.165) is 0 Å². The van der Waals surface area contributed by atoms with Crippen LogP contribution in [0, 0.1) is 10.8 Å². The van der Waals surface area contributed by atoms with Crippen molar-refractivity contribution in [2.45, 2.75) is 40.2 Å². The molecule has 0 aromatic carbocycles. The first-order valence-corrected chi connectivity index (χ1v) is 6.20. The fourth-order valence-electron chi connectivity index (χ4n) is 2.24. The van der Waals surface area contributed by atoms with Crippen molar-refractivity contribution in [1.82, 2.24) is 4.90 Å². The van der Waals surface area contributed by atoms with E-state index in [1.165, 1.54) is 0 Å². The van der Waals surface area contributed by atoms with Gasteiger partial charge in [0.05, 0.1) is 6.61 Å². The van der Waals surface area contributed by atoms with E-state index in [9.17, 15) is 9.90 Å². The lowest BCUT2D eigenvalue weighted by Crippen LogP contribution is -2.48. The highest BCUT2D eigenvalue weighted by atomic mass is 16.5. The number of nitrogens with zero attached hydrogens (tertiary/aromatic N) is 1. The fourth-order valence-corrected chi connectivity index (χ4v) is 2.24. The Balaban J connectivity index is 2.72. The Morgan fingerprint density at radius 2 is 2.12 bits per heavy atom. The molecule has 17 heavy (non-hydrogen) atoms. The Hall–Kier alpha value is -0.610. The molecule has 1 rings (SSSR count). The van der Waals surface area contributed by atoms with E-state index in [0.29, 0.717) is 32.2 Å². The maximum Gasteiger partial charge on any atom is 0.313 e. The Kier molecular flexibility index (Phi) is 4.20. The van der Waals surface area contributed by atoms with Crippen LogP contribution in [0.15, 0.2) is 0 Å². The van der Waals surface area contributed by atoms with Crippen LogP contribution in [0.2, 0.25) is 0 Å². The van der Waals surface area contributed by atoms with Gasteiger partial charge in [-0.15, -0.1) is 0 Å². The summed E-state index contributed by atoms with van der Waals surface area (Å²) in [6, 6.07) is 0.333. The van der Waals surface area contributed by atoms with Gasteiger partial charge >= 0.3 is 5.97 Å². The number of rotatable bonds is 4. The van der Waals surface area contributed by atoms with Crippen LogP contribution in [0.1, 0.15) is 34.1 Å². The standard InChI is InChI=1S/C13H25NO3/c1-10(12(2,3)4)14(5)8-13(11(15)16)6-7-17-9-13/h10H,6-9H2,1-5H3,(H,15,16). The summed E-state index contributed by atoms with van der Waals surface area (Å²) in [6.45, 7) is 10.1. The molecule has 0 radical (unpaired) electrons. The maximum absolute atomic E-state index is 11.4. The zero-order chi connectivity index (χ0) is 13.3. The highest BCUT2D eigenvalue weighted by Crippen LogP contribution is 2.32. The molecule has 4 heteroatoms. The molecule has 0 spiro atoms. The number of ether oxygens (including phenoxy) is 1. The molecule has 1 fully saturated rings. The summed E-state index contributed by atoms with van der Waals surface area (Å²) >= 11 is 0. The van der Waals surface area contributed by atoms with Gasteiger partial charge in [0, 0.05) is 19.2 Å². The minimum atomic E-state index is -0.733. The van der Waals surface area contributed by atoms with Crippen molar-refractivity contribution in [1.29, 1.82) is 0 Å². The second kappa shape index (κ2) is 4.94. The van der Waals surface area contributed by atoms with Gasteiger partial charge < -0.3 is 14.7 Å². The molecule has 2 unspecified atom stereocenters. The monoisotopic (exact) mass is 243 g/mol. The fraction of sp³-hybridized carbons (Fsp3) is 0.923. The summed E-state index contributed by atoms with van der Waals surface area (Å²) in [5.74, 6) is -0.733. The van der Waals surface area contributed by atoms with E-state index in [-0.39, 0.29) is 5.41 Å². The molecule has 0 saturated carbocycles. The van der Waals surface area contributed by atoms with Crippen molar-refractivity contribution >= 4 is 5.97 Å². The molecule has 1 heterocycles. The molecular formula is C13H25NO3. The summed E-state index contributed by atoms with van der Waals surface area (Å²) in [5.41, 5.74) is -0.567. The quantitative estimate of drug-likeness (QED) is 0.818. The third-order valence-corrected chi connectivity index (χ3v) is 4.02. The van der Waals surface area contributed by atoms with Crippen LogP contribution in [0.5, 0.6) is 0 Å². The molecular weight excluding hydrogens is 218 g/mol. The zero-order valence-corrected chi connectivity index (χ0v) is 11.6. The van der Waals surface area contributed by atoms with Gasteiger partial charge in [-0.1, -0.05) is 20.8 Å². The number of carboxylic acids is 1. The molecule has 2 atom stereocenters. The topological polar surface area (TPSA) is 49.8 Å². The van der Waals surface area contributed by atoms with Gasteiger partial charge in [-0.25, -0.2) is 0 Å². The summed E-state index contributed by atoms with van der Waals surface area (Å²) in [5, 5.41) is 9.39. The third-order valence-electron chi connectivity index (χ3n) is 4.02. The lowest BCUT2D eigenvalue weighted by atomic mass is 9.83. The summed E-state index contributed by atoms with van der Waals surface area (Å²) in [4.78, 5) is 13.6. The normalized spacial score (nSPS) is 27.4. The predicted molar refractivity (Wildman–Crippen MR) is 67.1 cm³/mol. The average molecular weight is 243 g/mol. The van der Waals surface area contributed by atoms with Crippen molar-refractivity contribution in [3.05, 3.63) is 0 Å². The minimum Gasteiger partial charge on any atom is -0.481 e. The molecule has 4 nitrogen and oxygen atoms in total. The molecule has 0 aromatic heterocycles. The van der Waals surface area contributed by atoms with Crippen molar-refractivity contribution in [3.63, 3.8) is 0 Å². The molecule has 0 aliphatic carbocycles. The first-order valence-electron chi connectivity index (χ1n) is 6.20. The second-order valence-corrected chi connectivity index (χ2v) is 6.35. The van der Waals surface area contributed by atoms with E-state index in [1.54, 1.807) is 0 Å². The molecule has 1 N–H and O–H groups in total. The molecule has 0 aromatic rings. The van der Waals surface area contributed by atoms with E-state index in [4.69, 9.17) is 4.74 Å². The van der Waals surface area contributed by atoms with E-state index >= 15 is 0 Å². The maximum atomic E-state index is 11.4. The van der Waals surface area contributed by atoms with Crippen molar-refractivity contribution in [2.24, 2.45) is 10.8 Å². The van der Waals surface area contributed by atoms with Gasteiger partial charge in [-0.3, -0.25) is 4.79 Å². The summed E-state index contributed by atoms with van der Waals surface area (Å²) < 4.78 is 5.28. The SMILES string of the molecule is CC(N(C)CC1(C(=O)O)CCOC1)C(C)(C)C. The van der Waals surface area contributed by atoms with Crippen LogP contribution in [0.4, 0.5) is 0 Å². The van der Waals surface area contributed by atoms with Crippen molar-refractivity contribution in [2.75, 3.05) is 26.8 Å². The molecule has 100 valence electrons. The van der Waals surface area contributed by atoms with Gasteiger partial charge in [0.25, 0.3) is 0 Å². The lowest BCUT2D eigenvalue weighted by molar-refractivity contribution is -0.150. The van der Waals surface area contributed by atoms with E-state index in [2.05, 4.69) is 32.6 Å².